The van der Waals surface area contributed by atoms with Crippen molar-refractivity contribution in [2.24, 2.45) is 0 Å². The van der Waals surface area contributed by atoms with E-state index >= 15 is 0 Å². The molecule has 0 saturated heterocycles. The molecule has 33 heavy (non-hydrogen) atoms. The number of ether oxygens (including phenoxy) is 2. The molecule has 0 aromatic heterocycles. The maximum absolute atomic E-state index is 11.6. The molecule has 4 nitrogen and oxygen atoms in total. The molecule has 3 aromatic rings. The summed E-state index contributed by atoms with van der Waals surface area (Å²) < 4.78 is 10.5. The van der Waals surface area contributed by atoms with E-state index in [1.54, 1.807) is 26.0 Å². The molecule has 0 aliphatic rings. The molecule has 0 amide bonds. The van der Waals surface area contributed by atoms with Crippen LogP contribution in [0.4, 0.5) is 0 Å². The fraction of sp³-hybridized carbons (Fsp3) is 0.172. The Bertz CT molecular complexity index is 1150. The summed E-state index contributed by atoms with van der Waals surface area (Å²) >= 11 is 0. The van der Waals surface area contributed by atoms with E-state index in [0.717, 1.165) is 27.8 Å². The van der Waals surface area contributed by atoms with E-state index in [9.17, 15) is 9.59 Å². The van der Waals surface area contributed by atoms with Crippen molar-refractivity contribution < 1.29 is 19.1 Å². The van der Waals surface area contributed by atoms with Crippen LogP contribution in [0.2, 0.25) is 0 Å². The Morgan fingerprint density at radius 1 is 0.697 bits per heavy atom. The summed E-state index contributed by atoms with van der Waals surface area (Å²) in [6.07, 6.45) is 0. The average molecular weight is 441 g/mol. The van der Waals surface area contributed by atoms with Gasteiger partial charge in [0.15, 0.2) is 0 Å². The van der Waals surface area contributed by atoms with Crippen LogP contribution in [0.5, 0.6) is 5.75 Å². The highest BCUT2D eigenvalue weighted by atomic mass is 16.5. The average Bonchev–Trinajstić information content (AvgIpc) is 2.83. The standard InChI is InChI=1S/C29H28O4/c1-19(2)28(30)32-18-21(5)22-6-8-23(9-7-22)24-10-12-25(13-11-24)26-14-16-27(17-15-26)33-29(31)20(3)4/h6-17,21H,1,3,18H2,2,4-5H3. The molecular formula is C29H28O4. The summed E-state index contributed by atoms with van der Waals surface area (Å²) in [5.41, 5.74) is 6.20. The van der Waals surface area contributed by atoms with Gasteiger partial charge in [-0.3, -0.25) is 0 Å². The van der Waals surface area contributed by atoms with Crippen LogP contribution in [0.1, 0.15) is 32.3 Å². The van der Waals surface area contributed by atoms with E-state index in [2.05, 4.69) is 61.7 Å². The van der Waals surface area contributed by atoms with E-state index in [4.69, 9.17) is 9.47 Å². The Hall–Kier alpha value is -3.92. The zero-order valence-electron chi connectivity index (χ0n) is 19.3. The third-order valence-corrected chi connectivity index (χ3v) is 5.26. The molecule has 1 unspecified atom stereocenters. The fourth-order valence-corrected chi connectivity index (χ4v) is 3.19. The van der Waals surface area contributed by atoms with Crippen LogP contribution in [0, 0.1) is 0 Å². The van der Waals surface area contributed by atoms with Crippen LogP contribution >= 0.6 is 0 Å². The Morgan fingerprint density at radius 3 is 1.52 bits per heavy atom. The number of rotatable bonds is 8. The molecule has 3 rings (SSSR count). The Morgan fingerprint density at radius 2 is 1.09 bits per heavy atom. The Labute approximate surface area is 195 Å². The summed E-state index contributed by atoms with van der Waals surface area (Å²) in [5, 5.41) is 0. The van der Waals surface area contributed by atoms with Gasteiger partial charge < -0.3 is 9.47 Å². The molecular weight excluding hydrogens is 412 g/mol. The number of carbonyl (C=O) groups excluding carboxylic acids is 2. The SMILES string of the molecule is C=C(C)C(=O)OCC(C)c1ccc(-c2ccc(-c3ccc(OC(=O)C(=C)C)cc3)cc2)cc1. The van der Waals surface area contributed by atoms with Crippen LogP contribution in [-0.2, 0) is 14.3 Å². The first kappa shape index (κ1) is 23.7. The monoisotopic (exact) mass is 440 g/mol. The third kappa shape index (κ3) is 6.30. The summed E-state index contributed by atoms with van der Waals surface area (Å²) in [5.74, 6) is -0.198. The Kier molecular flexibility index (Phi) is 7.62. The second-order valence-corrected chi connectivity index (χ2v) is 8.17. The number of carbonyl (C=O) groups is 2. The van der Waals surface area contributed by atoms with E-state index in [1.807, 2.05) is 19.1 Å². The lowest BCUT2D eigenvalue weighted by molar-refractivity contribution is -0.139. The second kappa shape index (κ2) is 10.6. The normalized spacial score (nSPS) is 11.4. The molecule has 0 spiro atoms. The van der Waals surface area contributed by atoms with Gasteiger partial charge in [0.1, 0.15) is 5.75 Å². The molecule has 0 aliphatic carbocycles. The zero-order chi connectivity index (χ0) is 24.0. The maximum atomic E-state index is 11.6. The van der Waals surface area contributed by atoms with Gasteiger partial charge in [-0.2, -0.15) is 0 Å². The highest BCUT2D eigenvalue weighted by Crippen LogP contribution is 2.28. The molecule has 0 bridgehead atoms. The first-order chi connectivity index (χ1) is 15.7. The van der Waals surface area contributed by atoms with E-state index in [0.29, 0.717) is 23.5 Å². The van der Waals surface area contributed by atoms with E-state index in [1.165, 1.54) is 0 Å². The largest absolute Gasteiger partial charge is 0.462 e. The molecule has 0 aliphatic heterocycles. The van der Waals surface area contributed by atoms with Crippen molar-refractivity contribution >= 4 is 11.9 Å². The lowest BCUT2D eigenvalue weighted by Crippen LogP contribution is -2.11. The molecule has 1 atom stereocenters. The van der Waals surface area contributed by atoms with Gasteiger partial charge in [0.05, 0.1) is 6.61 Å². The highest BCUT2D eigenvalue weighted by molar-refractivity contribution is 5.89. The summed E-state index contributed by atoms with van der Waals surface area (Å²) in [6.45, 7) is 12.8. The predicted molar refractivity (Wildman–Crippen MR) is 132 cm³/mol. The third-order valence-electron chi connectivity index (χ3n) is 5.26. The smallest absolute Gasteiger partial charge is 0.338 e. The van der Waals surface area contributed by atoms with Crippen molar-refractivity contribution in [2.45, 2.75) is 26.7 Å². The molecule has 0 N–H and O–H groups in total. The number of hydrogen-bond donors (Lipinski definition) is 0. The molecule has 4 heteroatoms. The van der Waals surface area contributed by atoms with Gasteiger partial charge >= 0.3 is 11.9 Å². The minimum Gasteiger partial charge on any atom is -0.462 e. The predicted octanol–water partition coefficient (Wildman–Crippen LogP) is 6.72. The summed E-state index contributed by atoms with van der Waals surface area (Å²) in [6, 6.07) is 24.0. The van der Waals surface area contributed by atoms with Crippen molar-refractivity contribution in [1.29, 1.82) is 0 Å². The van der Waals surface area contributed by atoms with Gasteiger partial charge in [-0.1, -0.05) is 80.7 Å². The number of benzene rings is 3. The van der Waals surface area contributed by atoms with Gasteiger partial charge in [0.2, 0.25) is 0 Å². The molecule has 3 aromatic carbocycles. The number of esters is 2. The summed E-state index contributed by atoms with van der Waals surface area (Å²) in [7, 11) is 0. The molecule has 168 valence electrons. The van der Waals surface area contributed by atoms with Gasteiger partial charge in [-0.15, -0.1) is 0 Å². The minimum atomic E-state index is -0.430. The first-order valence-corrected chi connectivity index (χ1v) is 10.8. The lowest BCUT2D eigenvalue weighted by atomic mass is 9.96. The molecule has 0 radical (unpaired) electrons. The Balaban J connectivity index is 1.65. The van der Waals surface area contributed by atoms with Gasteiger partial charge in [-0.05, 0) is 53.8 Å². The van der Waals surface area contributed by atoms with Crippen LogP contribution in [0.25, 0.3) is 22.3 Å². The van der Waals surface area contributed by atoms with Crippen molar-refractivity contribution in [2.75, 3.05) is 6.61 Å². The van der Waals surface area contributed by atoms with Gasteiger partial charge in [0.25, 0.3) is 0 Å². The fourth-order valence-electron chi connectivity index (χ4n) is 3.19. The van der Waals surface area contributed by atoms with Crippen LogP contribution in [-0.4, -0.2) is 18.5 Å². The van der Waals surface area contributed by atoms with Crippen molar-refractivity contribution in [3.63, 3.8) is 0 Å². The quantitative estimate of drug-likeness (QED) is 0.221. The van der Waals surface area contributed by atoms with Crippen molar-refractivity contribution in [1.82, 2.24) is 0 Å². The molecule has 0 fully saturated rings. The van der Waals surface area contributed by atoms with Crippen molar-refractivity contribution in [3.05, 3.63) is 103 Å². The maximum Gasteiger partial charge on any atom is 0.338 e. The van der Waals surface area contributed by atoms with Gasteiger partial charge in [0, 0.05) is 17.1 Å². The van der Waals surface area contributed by atoms with E-state index in [-0.39, 0.29) is 11.9 Å². The van der Waals surface area contributed by atoms with Crippen LogP contribution in [0.15, 0.2) is 97.1 Å². The minimum absolute atomic E-state index is 0.0994. The lowest BCUT2D eigenvalue weighted by Gasteiger charge is -2.13. The molecule has 0 saturated carbocycles. The van der Waals surface area contributed by atoms with E-state index < -0.39 is 5.97 Å². The highest BCUT2D eigenvalue weighted by Gasteiger charge is 2.11. The van der Waals surface area contributed by atoms with Crippen LogP contribution in [0.3, 0.4) is 0 Å². The molecule has 0 heterocycles. The first-order valence-electron chi connectivity index (χ1n) is 10.8. The second-order valence-electron chi connectivity index (χ2n) is 8.17. The van der Waals surface area contributed by atoms with Crippen molar-refractivity contribution in [3.8, 4) is 28.0 Å². The summed E-state index contributed by atoms with van der Waals surface area (Å²) in [4.78, 5) is 23.2. The zero-order valence-corrected chi connectivity index (χ0v) is 19.3. The van der Waals surface area contributed by atoms with Crippen LogP contribution < -0.4 is 4.74 Å². The number of hydrogen-bond acceptors (Lipinski definition) is 4. The topological polar surface area (TPSA) is 52.6 Å². The van der Waals surface area contributed by atoms with Gasteiger partial charge in [-0.25, -0.2) is 9.59 Å².